The summed E-state index contributed by atoms with van der Waals surface area (Å²) in [5, 5.41) is 1.44. The van der Waals surface area contributed by atoms with Gasteiger partial charge in [0.15, 0.2) is 0 Å². The summed E-state index contributed by atoms with van der Waals surface area (Å²) in [6, 6.07) is 6.82. The van der Waals surface area contributed by atoms with E-state index < -0.39 is 0 Å². The zero-order valence-corrected chi connectivity index (χ0v) is 11.9. The Morgan fingerprint density at radius 2 is 2.21 bits per heavy atom. The summed E-state index contributed by atoms with van der Waals surface area (Å²) >= 11 is 0. The molecule has 2 heterocycles. The average Bonchev–Trinajstić information content (AvgIpc) is 2.73. The standard InChI is InChI=1S/C17H22N2/c1-4-9-19-16-7-6-13(3)11-14(16)15-12-18(5-2)10-8-17(15)19/h4,6-7,11H,1,5,8-10,12H2,2-3H3. The van der Waals surface area contributed by atoms with Gasteiger partial charge in [-0.3, -0.25) is 4.90 Å². The molecule has 2 heteroatoms. The van der Waals surface area contributed by atoms with Crippen LogP contribution in [0.25, 0.3) is 10.9 Å². The molecule has 1 aliphatic rings. The maximum Gasteiger partial charge on any atom is 0.0489 e. The molecule has 0 saturated carbocycles. The molecule has 0 aliphatic carbocycles. The van der Waals surface area contributed by atoms with Gasteiger partial charge >= 0.3 is 0 Å². The first kappa shape index (κ1) is 12.5. The van der Waals surface area contributed by atoms with Crippen molar-refractivity contribution in [1.82, 2.24) is 9.47 Å². The summed E-state index contributed by atoms with van der Waals surface area (Å²) < 4.78 is 2.45. The van der Waals surface area contributed by atoms with Crippen molar-refractivity contribution in [1.29, 1.82) is 0 Å². The minimum Gasteiger partial charge on any atom is -0.340 e. The lowest BCUT2D eigenvalue weighted by Crippen LogP contribution is -2.30. The molecule has 2 aromatic rings. The van der Waals surface area contributed by atoms with Crippen LogP contribution in [0.1, 0.15) is 23.7 Å². The largest absolute Gasteiger partial charge is 0.340 e. The lowest BCUT2D eigenvalue weighted by molar-refractivity contribution is 0.266. The fourth-order valence-corrected chi connectivity index (χ4v) is 3.23. The molecule has 1 aromatic heterocycles. The maximum absolute atomic E-state index is 3.91. The van der Waals surface area contributed by atoms with E-state index in [-0.39, 0.29) is 0 Å². The molecule has 0 atom stereocenters. The first-order chi connectivity index (χ1) is 9.24. The number of aromatic nitrogens is 1. The van der Waals surface area contributed by atoms with Crippen molar-refractivity contribution in [3.8, 4) is 0 Å². The second-order valence-electron chi connectivity index (χ2n) is 5.46. The summed E-state index contributed by atoms with van der Waals surface area (Å²) in [7, 11) is 0. The van der Waals surface area contributed by atoms with Crippen LogP contribution in [0.2, 0.25) is 0 Å². The van der Waals surface area contributed by atoms with E-state index in [0.29, 0.717) is 0 Å². The van der Waals surface area contributed by atoms with E-state index in [4.69, 9.17) is 0 Å². The van der Waals surface area contributed by atoms with Crippen molar-refractivity contribution >= 4 is 10.9 Å². The fraction of sp³-hybridized carbons (Fsp3) is 0.412. The van der Waals surface area contributed by atoms with Crippen LogP contribution < -0.4 is 0 Å². The van der Waals surface area contributed by atoms with Crippen molar-refractivity contribution in [2.75, 3.05) is 13.1 Å². The molecule has 0 N–H and O–H groups in total. The minimum absolute atomic E-state index is 0.918. The van der Waals surface area contributed by atoms with E-state index in [1.165, 1.54) is 34.3 Å². The van der Waals surface area contributed by atoms with E-state index in [2.05, 4.69) is 48.1 Å². The van der Waals surface area contributed by atoms with Crippen molar-refractivity contribution < 1.29 is 0 Å². The third kappa shape index (κ3) is 2.00. The van der Waals surface area contributed by atoms with Gasteiger partial charge in [0.1, 0.15) is 0 Å². The minimum atomic E-state index is 0.918. The fourth-order valence-electron chi connectivity index (χ4n) is 3.23. The van der Waals surface area contributed by atoms with E-state index in [1.54, 1.807) is 0 Å². The molecule has 1 aromatic carbocycles. The number of nitrogens with zero attached hydrogens (tertiary/aromatic N) is 2. The lowest BCUT2D eigenvalue weighted by Gasteiger charge is -2.26. The Kier molecular flexibility index (Phi) is 3.19. The molecule has 2 nitrogen and oxygen atoms in total. The zero-order valence-electron chi connectivity index (χ0n) is 11.9. The summed E-state index contributed by atoms with van der Waals surface area (Å²) in [4.78, 5) is 2.53. The average molecular weight is 254 g/mol. The Morgan fingerprint density at radius 3 is 2.95 bits per heavy atom. The number of allylic oxidation sites excluding steroid dienone is 1. The highest BCUT2D eigenvalue weighted by atomic mass is 15.1. The van der Waals surface area contributed by atoms with Crippen LogP contribution in [0.3, 0.4) is 0 Å². The lowest BCUT2D eigenvalue weighted by atomic mass is 10.0. The Bertz CT molecular complexity index is 622. The van der Waals surface area contributed by atoms with Crippen molar-refractivity contribution in [3.05, 3.63) is 47.7 Å². The van der Waals surface area contributed by atoms with E-state index >= 15 is 0 Å². The Morgan fingerprint density at radius 1 is 1.37 bits per heavy atom. The van der Waals surface area contributed by atoms with Crippen LogP contribution in [-0.4, -0.2) is 22.6 Å². The molecule has 0 radical (unpaired) electrons. The highest BCUT2D eigenvalue weighted by Gasteiger charge is 2.22. The molecule has 19 heavy (non-hydrogen) atoms. The topological polar surface area (TPSA) is 8.17 Å². The number of fused-ring (bicyclic) bond motifs is 3. The second-order valence-corrected chi connectivity index (χ2v) is 5.46. The quantitative estimate of drug-likeness (QED) is 0.761. The molecule has 100 valence electrons. The number of rotatable bonds is 3. The molecule has 0 bridgehead atoms. The van der Waals surface area contributed by atoms with Gasteiger partial charge in [-0.25, -0.2) is 0 Å². The first-order valence-electron chi connectivity index (χ1n) is 7.18. The highest BCUT2D eigenvalue weighted by Crippen LogP contribution is 2.31. The predicted octanol–water partition coefficient (Wildman–Crippen LogP) is 3.51. The molecule has 0 fully saturated rings. The van der Waals surface area contributed by atoms with Crippen LogP contribution in [0.5, 0.6) is 0 Å². The predicted molar refractivity (Wildman–Crippen MR) is 81.5 cm³/mol. The van der Waals surface area contributed by atoms with Crippen LogP contribution in [0.15, 0.2) is 30.9 Å². The number of aryl methyl sites for hydroxylation is 1. The first-order valence-corrected chi connectivity index (χ1v) is 7.18. The van der Waals surface area contributed by atoms with Gasteiger partial charge in [0.2, 0.25) is 0 Å². The third-order valence-corrected chi connectivity index (χ3v) is 4.25. The van der Waals surface area contributed by atoms with Gasteiger partial charge in [-0.15, -0.1) is 6.58 Å². The van der Waals surface area contributed by atoms with Gasteiger partial charge in [0.05, 0.1) is 0 Å². The summed E-state index contributed by atoms with van der Waals surface area (Å²) in [6.07, 6.45) is 3.16. The van der Waals surface area contributed by atoms with Gasteiger partial charge in [-0.05, 0) is 31.2 Å². The Hall–Kier alpha value is -1.54. The molecule has 1 aliphatic heterocycles. The number of hydrogen-bond acceptors (Lipinski definition) is 1. The normalized spacial score (nSPS) is 15.7. The summed E-state index contributed by atoms with van der Waals surface area (Å²) in [6.45, 7) is 12.7. The van der Waals surface area contributed by atoms with E-state index in [9.17, 15) is 0 Å². The van der Waals surface area contributed by atoms with Crippen LogP contribution in [0, 0.1) is 6.92 Å². The van der Waals surface area contributed by atoms with Gasteiger partial charge < -0.3 is 4.57 Å². The Labute approximate surface area is 115 Å². The van der Waals surface area contributed by atoms with Crippen LogP contribution >= 0.6 is 0 Å². The zero-order chi connectivity index (χ0) is 13.4. The number of likely N-dealkylation sites (N-methyl/N-ethyl adjacent to an activating group) is 1. The maximum atomic E-state index is 3.91. The molecular weight excluding hydrogens is 232 g/mol. The van der Waals surface area contributed by atoms with Gasteiger partial charge in [0.25, 0.3) is 0 Å². The van der Waals surface area contributed by atoms with E-state index in [1.807, 2.05) is 6.08 Å². The smallest absolute Gasteiger partial charge is 0.0489 e. The van der Waals surface area contributed by atoms with E-state index in [0.717, 1.165) is 26.1 Å². The molecule has 0 unspecified atom stereocenters. The molecule has 0 saturated heterocycles. The van der Waals surface area contributed by atoms with Crippen molar-refractivity contribution in [3.63, 3.8) is 0 Å². The SMILES string of the molecule is C=CCn1c2c(c3cc(C)ccc31)CN(CC)CC2. The third-order valence-electron chi connectivity index (χ3n) is 4.25. The van der Waals surface area contributed by atoms with Crippen molar-refractivity contribution in [2.24, 2.45) is 0 Å². The monoisotopic (exact) mass is 254 g/mol. The molecular formula is C17H22N2. The highest BCUT2D eigenvalue weighted by molar-refractivity contribution is 5.86. The van der Waals surface area contributed by atoms with Gasteiger partial charge in [-0.1, -0.05) is 24.6 Å². The molecule has 3 rings (SSSR count). The summed E-state index contributed by atoms with van der Waals surface area (Å²) in [5.41, 5.74) is 5.77. The number of benzene rings is 1. The Balaban J connectivity index is 2.22. The van der Waals surface area contributed by atoms with Gasteiger partial charge in [-0.2, -0.15) is 0 Å². The summed E-state index contributed by atoms with van der Waals surface area (Å²) in [5.74, 6) is 0. The van der Waals surface area contributed by atoms with Crippen molar-refractivity contribution in [2.45, 2.75) is 33.4 Å². The second kappa shape index (κ2) is 4.86. The molecule has 0 spiro atoms. The van der Waals surface area contributed by atoms with Crippen LogP contribution in [0.4, 0.5) is 0 Å². The number of hydrogen-bond donors (Lipinski definition) is 0. The van der Waals surface area contributed by atoms with Gasteiger partial charge in [0, 0.05) is 42.7 Å². The van der Waals surface area contributed by atoms with Crippen LogP contribution in [-0.2, 0) is 19.5 Å². The molecule has 0 amide bonds.